The molecule has 0 radical (unpaired) electrons. The Labute approximate surface area is 66.4 Å². The van der Waals surface area contributed by atoms with E-state index >= 15 is 0 Å². The molecular weight excluding hydrogens is 119 g/mol. The van der Waals surface area contributed by atoms with E-state index in [9.17, 15) is 0 Å². The summed E-state index contributed by atoms with van der Waals surface area (Å²) in [6, 6.07) is 0. The minimum absolute atomic E-state index is 0. The second-order valence-electron chi connectivity index (χ2n) is 0. The van der Waals surface area contributed by atoms with Gasteiger partial charge in [-0.15, -0.1) is 0 Å². The number of rotatable bonds is 0. The SMILES string of the molecule is O.O.O.O.S.[H-].[Na+]. The van der Waals surface area contributed by atoms with E-state index in [1.807, 2.05) is 0 Å². The van der Waals surface area contributed by atoms with Gasteiger partial charge in [0.25, 0.3) is 0 Å². The van der Waals surface area contributed by atoms with Crippen molar-refractivity contribution in [1.29, 1.82) is 0 Å². The van der Waals surface area contributed by atoms with E-state index in [1.165, 1.54) is 0 Å². The predicted molar refractivity (Wildman–Crippen MR) is 25.9 cm³/mol. The molecule has 0 aliphatic carbocycles. The zero-order chi connectivity index (χ0) is 0. The van der Waals surface area contributed by atoms with Crippen molar-refractivity contribution in [2.24, 2.45) is 0 Å². The van der Waals surface area contributed by atoms with Crippen molar-refractivity contribution in [3.8, 4) is 0 Å². The summed E-state index contributed by atoms with van der Waals surface area (Å²) in [5, 5.41) is 0. The van der Waals surface area contributed by atoms with Gasteiger partial charge in [0.05, 0.1) is 0 Å². The Morgan fingerprint density at radius 2 is 0.667 bits per heavy atom. The summed E-state index contributed by atoms with van der Waals surface area (Å²) in [6.07, 6.45) is 0. The first kappa shape index (κ1) is 195. The Hall–Kier alpha value is 1.19. The summed E-state index contributed by atoms with van der Waals surface area (Å²) >= 11 is 0. The third kappa shape index (κ3) is 64.3. The molecule has 4 nitrogen and oxygen atoms in total. The van der Waals surface area contributed by atoms with Crippen LogP contribution in [0, 0.1) is 0 Å². The van der Waals surface area contributed by atoms with Crippen LogP contribution in [-0.4, -0.2) is 21.9 Å². The molecule has 0 heterocycles. The third-order valence-electron chi connectivity index (χ3n) is 0. The van der Waals surface area contributed by atoms with Crippen molar-refractivity contribution in [2.75, 3.05) is 0 Å². The molecule has 42 valence electrons. The van der Waals surface area contributed by atoms with Crippen LogP contribution in [0.5, 0.6) is 0 Å². The molecule has 8 N–H and O–H groups in total. The number of hydrogen-bond donors (Lipinski definition) is 0. The van der Waals surface area contributed by atoms with Crippen LogP contribution in [0.1, 0.15) is 1.43 Å². The molecule has 0 aromatic rings. The fourth-order valence-corrected chi connectivity index (χ4v) is 0. The maximum absolute atomic E-state index is 0. The van der Waals surface area contributed by atoms with Gasteiger partial charge in [0.2, 0.25) is 0 Å². The van der Waals surface area contributed by atoms with E-state index in [0.29, 0.717) is 0 Å². The van der Waals surface area contributed by atoms with Gasteiger partial charge in [-0.25, -0.2) is 0 Å². The summed E-state index contributed by atoms with van der Waals surface area (Å²) in [7, 11) is 0. The van der Waals surface area contributed by atoms with Crippen molar-refractivity contribution in [3.05, 3.63) is 0 Å². The maximum Gasteiger partial charge on any atom is 1.00 e. The van der Waals surface area contributed by atoms with E-state index in [0.717, 1.165) is 0 Å². The fourth-order valence-electron chi connectivity index (χ4n) is 0. The van der Waals surface area contributed by atoms with E-state index < -0.39 is 0 Å². The predicted octanol–water partition coefficient (Wildman–Crippen LogP) is -6.07. The third-order valence-corrected chi connectivity index (χ3v) is 0. The van der Waals surface area contributed by atoms with Crippen LogP contribution in [0.3, 0.4) is 0 Å². The second-order valence-corrected chi connectivity index (χ2v) is 0. The molecule has 0 aromatic heterocycles. The van der Waals surface area contributed by atoms with Gasteiger partial charge in [-0.1, -0.05) is 0 Å². The summed E-state index contributed by atoms with van der Waals surface area (Å²) in [4.78, 5) is 0. The molecule has 0 aromatic carbocycles. The van der Waals surface area contributed by atoms with Gasteiger partial charge in [0.15, 0.2) is 0 Å². The van der Waals surface area contributed by atoms with Crippen LogP contribution in [0.2, 0.25) is 0 Å². The van der Waals surface area contributed by atoms with Gasteiger partial charge in [-0.05, 0) is 0 Å². The first-order valence-electron chi connectivity index (χ1n) is 0. The molecule has 0 rings (SSSR count). The minimum Gasteiger partial charge on any atom is -1.00 e. The van der Waals surface area contributed by atoms with Crippen molar-refractivity contribution in [2.45, 2.75) is 0 Å². The Bertz CT molecular complexity index is 11.7. The molecule has 0 amide bonds. The summed E-state index contributed by atoms with van der Waals surface area (Å²) in [5.74, 6) is 0. The van der Waals surface area contributed by atoms with E-state index in [1.54, 1.807) is 0 Å². The van der Waals surface area contributed by atoms with Gasteiger partial charge < -0.3 is 23.3 Å². The van der Waals surface area contributed by atoms with Gasteiger partial charge in [-0.2, -0.15) is 13.5 Å². The van der Waals surface area contributed by atoms with Gasteiger partial charge >= 0.3 is 29.6 Å². The molecule has 0 saturated heterocycles. The van der Waals surface area contributed by atoms with Crippen molar-refractivity contribution in [3.63, 3.8) is 0 Å². The van der Waals surface area contributed by atoms with Crippen LogP contribution in [0.15, 0.2) is 0 Å². The van der Waals surface area contributed by atoms with Gasteiger partial charge in [0, 0.05) is 0 Å². The molecule has 0 bridgehead atoms. The zero-order valence-electron chi connectivity index (χ0n) is 4.50. The van der Waals surface area contributed by atoms with Gasteiger partial charge in [0.1, 0.15) is 0 Å². The average molecular weight is 130 g/mol. The van der Waals surface area contributed by atoms with Crippen LogP contribution in [-0.2, 0) is 0 Å². The first-order chi connectivity index (χ1) is 0. The number of hydrogen-bond acceptors (Lipinski definition) is 0. The molecule has 0 spiro atoms. The van der Waals surface area contributed by atoms with Crippen molar-refractivity contribution < 1.29 is 52.9 Å². The first-order valence-corrected chi connectivity index (χ1v) is 0. The molecule has 0 atom stereocenters. The zero-order valence-corrected chi connectivity index (χ0v) is 6.50. The monoisotopic (exact) mass is 130 g/mol. The van der Waals surface area contributed by atoms with E-state index in [2.05, 4.69) is 0 Å². The summed E-state index contributed by atoms with van der Waals surface area (Å²) in [5.41, 5.74) is 0. The Morgan fingerprint density at radius 3 is 0.667 bits per heavy atom. The Morgan fingerprint density at radius 1 is 0.667 bits per heavy atom. The molecule has 0 aliphatic heterocycles. The van der Waals surface area contributed by atoms with Gasteiger partial charge in [-0.3, -0.25) is 0 Å². The minimum atomic E-state index is 0. The van der Waals surface area contributed by atoms with Crippen LogP contribution in [0.4, 0.5) is 0 Å². The Kier molecular flexibility index (Phi) is 3820. The smallest absolute Gasteiger partial charge is 1.00 e. The largest absolute Gasteiger partial charge is 1.00 e. The van der Waals surface area contributed by atoms with E-state index in [4.69, 9.17) is 0 Å². The maximum atomic E-state index is 0. The molecular formula is H11NaO4S. The summed E-state index contributed by atoms with van der Waals surface area (Å²) in [6.45, 7) is 0. The topological polar surface area (TPSA) is 126 Å². The standard InChI is InChI=1S/Na.4H2O.H2S.H/h;5*1H2;/q+1;;;;;;-1. The van der Waals surface area contributed by atoms with Crippen LogP contribution in [0.25, 0.3) is 0 Å². The molecule has 0 unspecified atom stereocenters. The fraction of sp³-hybridized carbons (Fsp3) is 0. The molecule has 0 aliphatic rings. The van der Waals surface area contributed by atoms with Crippen LogP contribution < -0.4 is 29.6 Å². The molecule has 0 fully saturated rings. The molecule has 6 heteroatoms. The molecule has 0 saturated carbocycles. The van der Waals surface area contributed by atoms with E-state index in [-0.39, 0.29) is 66.4 Å². The van der Waals surface area contributed by atoms with Crippen molar-refractivity contribution >= 4 is 13.5 Å². The summed E-state index contributed by atoms with van der Waals surface area (Å²) < 4.78 is 0. The second kappa shape index (κ2) is 118. The van der Waals surface area contributed by atoms with Crippen molar-refractivity contribution in [1.82, 2.24) is 0 Å². The Balaban J connectivity index is 0. The normalized spacial score (nSPS) is 0. The quantitative estimate of drug-likeness (QED) is 0.289. The molecule has 6 heavy (non-hydrogen) atoms. The van der Waals surface area contributed by atoms with Crippen LogP contribution >= 0.6 is 13.5 Å². The average Bonchev–Trinajstić information content (AvgIpc) is 0.